The Labute approximate surface area is 159 Å². The lowest BCUT2D eigenvalue weighted by Crippen LogP contribution is -2.42. The van der Waals surface area contributed by atoms with Crippen molar-refractivity contribution in [1.82, 2.24) is 24.6 Å². The summed E-state index contributed by atoms with van der Waals surface area (Å²) in [6.45, 7) is 7.03. The predicted molar refractivity (Wildman–Crippen MR) is 103 cm³/mol. The van der Waals surface area contributed by atoms with Crippen LogP contribution in [0.1, 0.15) is 27.2 Å². The number of hydrogen-bond acceptors (Lipinski definition) is 7. The fourth-order valence-corrected chi connectivity index (χ4v) is 3.05. The molecule has 1 amide bonds. The molecule has 1 aliphatic rings. The smallest absolute Gasteiger partial charge is 0.410 e. The molecular weight excluding hydrogens is 346 g/mol. The van der Waals surface area contributed by atoms with Gasteiger partial charge in [-0.1, -0.05) is 0 Å². The zero-order chi connectivity index (χ0) is 19.8. The maximum atomic E-state index is 12.3. The average Bonchev–Trinajstić information content (AvgIpc) is 3.21. The fourth-order valence-electron chi connectivity index (χ4n) is 3.05. The van der Waals surface area contributed by atoms with Crippen molar-refractivity contribution in [3.05, 3.63) is 18.3 Å². The van der Waals surface area contributed by atoms with Gasteiger partial charge in [-0.15, -0.1) is 0 Å². The molecule has 2 aromatic heterocycles. The maximum absolute atomic E-state index is 12.3. The first-order valence-corrected chi connectivity index (χ1v) is 8.98. The lowest BCUT2D eigenvalue weighted by Gasteiger charge is -2.28. The number of carbonyl (C=O) groups excluding carboxylic acids is 1. The third-order valence-electron chi connectivity index (χ3n) is 4.42. The number of aryl methyl sites for hydroxylation is 1. The van der Waals surface area contributed by atoms with Gasteiger partial charge in [0.1, 0.15) is 17.1 Å². The molecule has 0 unspecified atom stereocenters. The molecule has 0 spiro atoms. The van der Waals surface area contributed by atoms with Gasteiger partial charge in [0.15, 0.2) is 0 Å². The predicted octanol–water partition coefficient (Wildman–Crippen LogP) is 1.90. The molecule has 0 aliphatic carbocycles. The van der Waals surface area contributed by atoms with Gasteiger partial charge in [-0.05, 0) is 33.3 Å². The Morgan fingerprint density at radius 3 is 2.70 bits per heavy atom. The van der Waals surface area contributed by atoms with E-state index in [0.29, 0.717) is 12.2 Å². The molecule has 2 aromatic rings. The monoisotopic (exact) mass is 373 g/mol. The number of likely N-dealkylation sites (N-methyl/N-ethyl adjacent to an activating group) is 1. The summed E-state index contributed by atoms with van der Waals surface area (Å²) in [5.41, 5.74) is 6.83. The Morgan fingerprint density at radius 2 is 2.07 bits per heavy atom. The van der Waals surface area contributed by atoms with E-state index in [0.717, 1.165) is 24.5 Å². The molecular formula is C18H27N7O2. The SMILES string of the molecule is CN(C(=O)OC(C)(C)C)[C@@H]1CCN(c2cc(-c3ccn(C)n3)nc(N)n2)C1. The van der Waals surface area contributed by atoms with Crippen LogP contribution in [0, 0.1) is 0 Å². The average molecular weight is 373 g/mol. The molecule has 0 radical (unpaired) electrons. The topological polar surface area (TPSA) is 102 Å². The summed E-state index contributed by atoms with van der Waals surface area (Å²) in [7, 11) is 3.63. The quantitative estimate of drug-likeness (QED) is 0.876. The van der Waals surface area contributed by atoms with Gasteiger partial charge in [-0.3, -0.25) is 4.68 Å². The highest BCUT2D eigenvalue weighted by Gasteiger charge is 2.31. The van der Waals surface area contributed by atoms with Gasteiger partial charge < -0.3 is 20.3 Å². The second-order valence-electron chi connectivity index (χ2n) is 7.82. The first kappa shape index (κ1) is 18.9. The maximum Gasteiger partial charge on any atom is 0.410 e. The highest BCUT2D eigenvalue weighted by Crippen LogP contribution is 2.26. The molecule has 1 atom stereocenters. The summed E-state index contributed by atoms with van der Waals surface area (Å²) in [6.07, 6.45) is 2.37. The first-order valence-electron chi connectivity index (χ1n) is 8.98. The number of ether oxygens (including phenoxy) is 1. The van der Waals surface area contributed by atoms with E-state index in [1.165, 1.54) is 0 Å². The summed E-state index contributed by atoms with van der Waals surface area (Å²) in [5, 5.41) is 4.37. The van der Waals surface area contributed by atoms with Gasteiger partial charge in [-0.2, -0.15) is 10.1 Å². The molecule has 3 heterocycles. The van der Waals surface area contributed by atoms with Crippen molar-refractivity contribution in [3.63, 3.8) is 0 Å². The van der Waals surface area contributed by atoms with E-state index in [4.69, 9.17) is 10.5 Å². The molecule has 0 aromatic carbocycles. The van der Waals surface area contributed by atoms with Crippen molar-refractivity contribution >= 4 is 17.9 Å². The largest absolute Gasteiger partial charge is 0.444 e. The number of nitrogen functional groups attached to an aromatic ring is 1. The molecule has 1 fully saturated rings. The van der Waals surface area contributed by atoms with Crippen molar-refractivity contribution in [1.29, 1.82) is 0 Å². The Balaban J connectivity index is 1.73. The molecule has 9 nitrogen and oxygen atoms in total. The van der Waals surface area contributed by atoms with E-state index >= 15 is 0 Å². The van der Waals surface area contributed by atoms with Crippen molar-refractivity contribution in [2.45, 2.75) is 38.8 Å². The second-order valence-corrected chi connectivity index (χ2v) is 7.82. The fraction of sp³-hybridized carbons (Fsp3) is 0.556. The van der Waals surface area contributed by atoms with Crippen LogP contribution in [0.25, 0.3) is 11.4 Å². The molecule has 3 rings (SSSR count). The van der Waals surface area contributed by atoms with Crippen LogP contribution in [-0.2, 0) is 11.8 Å². The molecule has 9 heteroatoms. The van der Waals surface area contributed by atoms with Crippen LogP contribution >= 0.6 is 0 Å². The third kappa shape index (κ3) is 4.47. The van der Waals surface area contributed by atoms with Gasteiger partial charge in [0.25, 0.3) is 0 Å². The van der Waals surface area contributed by atoms with Gasteiger partial charge in [0, 0.05) is 39.4 Å². The van der Waals surface area contributed by atoms with E-state index in [2.05, 4.69) is 20.0 Å². The molecule has 1 saturated heterocycles. The molecule has 2 N–H and O–H groups in total. The summed E-state index contributed by atoms with van der Waals surface area (Å²) >= 11 is 0. The van der Waals surface area contributed by atoms with Gasteiger partial charge in [-0.25, -0.2) is 9.78 Å². The van der Waals surface area contributed by atoms with Gasteiger partial charge in [0.05, 0.1) is 11.7 Å². The zero-order valence-corrected chi connectivity index (χ0v) is 16.5. The summed E-state index contributed by atoms with van der Waals surface area (Å²) < 4.78 is 7.18. The van der Waals surface area contributed by atoms with E-state index in [1.54, 1.807) is 16.6 Å². The molecule has 1 aliphatic heterocycles. The van der Waals surface area contributed by atoms with Crippen molar-refractivity contribution in [2.75, 3.05) is 30.8 Å². The van der Waals surface area contributed by atoms with Crippen LogP contribution in [0.5, 0.6) is 0 Å². The number of nitrogens with two attached hydrogens (primary N) is 1. The zero-order valence-electron chi connectivity index (χ0n) is 16.5. The number of carbonyl (C=O) groups is 1. The van der Waals surface area contributed by atoms with Gasteiger partial charge >= 0.3 is 6.09 Å². The van der Waals surface area contributed by atoms with Crippen LogP contribution in [-0.4, -0.2) is 62.5 Å². The highest BCUT2D eigenvalue weighted by molar-refractivity contribution is 5.68. The van der Waals surface area contributed by atoms with E-state index in [1.807, 2.05) is 46.1 Å². The third-order valence-corrected chi connectivity index (χ3v) is 4.42. The van der Waals surface area contributed by atoms with E-state index < -0.39 is 5.60 Å². The van der Waals surface area contributed by atoms with Crippen LogP contribution in [0.3, 0.4) is 0 Å². The lowest BCUT2D eigenvalue weighted by atomic mass is 10.2. The molecule has 27 heavy (non-hydrogen) atoms. The minimum Gasteiger partial charge on any atom is -0.444 e. The van der Waals surface area contributed by atoms with Crippen molar-refractivity contribution in [3.8, 4) is 11.4 Å². The number of amides is 1. The Hall–Kier alpha value is -2.84. The molecule has 146 valence electrons. The number of anilines is 2. The minimum atomic E-state index is -0.512. The first-order chi connectivity index (χ1) is 12.6. The summed E-state index contributed by atoms with van der Waals surface area (Å²) in [6, 6.07) is 3.82. The van der Waals surface area contributed by atoms with E-state index in [-0.39, 0.29) is 18.1 Å². The van der Waals surface area contributed by atoms with Crippen LogP contribution < -0.4 is 10.6 Å². The van der Waals surface area contributed by atoms with Crippen LogP contribution in [0.2, 0.25) is 0 Å². The Morgan fingerprint density at radius 1 is 1.33 bits per heavy atom. The molecule has 0 saturated carbocycles. The Bertz CT molecular complexity index is 827. The number of hydrogen-bond donors (Lipinski definition) is 1. The van der Waals surface area contributed by atoms with Crippen molar-refractivity contribution in [2.24, 2.45) is 7.05 Å². The Kier molecular flexibility index (Phi) is 4.95. The van der Waals surface area contributed by atoms with E-state index in [9.17, 15) is 4.79 Å². The second kappa shape index (κ2) is 7.05. The molecule has 0 bridgehead atoms. The number of nitrogens with zero attached hydrogens (tertiary/aromatic N) is 6. The normalized spacial score (nSPS) is 17.2. The standard InChI is InChI=1S/C18H27N7O2/c1-18(2,3)27-17(26)24(5)12-6-9-25(11-12)15-10-14(20-16(19)21-15)13-7-8-23(4)22-13/h7-8,10,12H,6,9,11H2,1-5H3,(H2,19,20,21)/t12-/m1/s1. The summed E-state index contributed by atoms with van der Waals surface area (Å²) in [4.78, 5) is 24.7. The van der Waals surface area contributed by atoms with Crippen molar-refractivity contribution < 1.29 is 9.53 Å². The number of aromatic nitrogens is 4. The number of rotatable bonds is 3. The lowest BCUT2D eigenvalue weighted by molar-refractivity contribution is 0.0238. The van der Waals surface area contributed by atoms with Crippen LogP contribution in [0.4, 0.5) is 16.6 Å². The highest BCUT2D eigenvalue weighted by atomic mass is 16.6. The van der Waals surface area contributed by atoms with Crippen LogP contribution in [0.15, 0.2) is 18.3 Å². The summed E-state index contributed by atoms with van der Waals surface area (Å²) in [5.74, 6) is 0.945. The minimum absolute atomic E-state index is 0.0503. The van der Waals surface area contributed by atoms with Gasteiger partial charge in [0.2, 0.25) is 5.95 Å².